The van der Waals surface area contributed by atoms with Gasteiger partial charge in [0.2, 0.25) is 11.8 Å². The zero-order valence-electron chi connectivity index (χ0n) is 19.2. The molecule has 4 rings (SSSR count). The van der Waals surface area contributed by atoms with Gasteiger partial charge in [0.25, 0.3) is 0 Å². The van der Waals surface area contributed by atoms with E-state index in [1.165, 1.54) is 6.07 Å². The molecular weight excluding hydrogens is 458 g/mol. The van der Waals surface area contributed by atoms with Crippen LogP contribution in [-0.2, 0) is 30.4 Å². The van der Waals surface area contributed by atoms with Crippen molar-refractivity contribution in [1.29, 1.82) is 0 Å². The number of aliphatic hydroxyl groups is 1. The first-order valence-corrected chi connectivity index (χ1v) is 11.4. The average molecular weight is 485 g/mol. The van der Waals surface area contributed by atoms with Crippen LogP contribution in [0.3, 0.4) is 0 Å². The molecule has 0 heterocycles. The van der Waals surface area contributed by atoms with Gasteiger partial charge in [-0.15, -0.1) is 0 Å². The van der Waals surface area contributed by atoms with Crippen LogP contribution in [0.15, 0.2) is 12.1 Å². The number of carbonyl (C=O) groups excluding carboxylic acids is 6. The molecule has 0 aliphatic heterocycles. The zero-order chi connectivity index (χ0) is 26.0. The van der Waals surface area contributed by atoms with Gasteiger partial charge in [-0.1, -0.05) is 19.9 Å². The smallest absolute Gasteiger partial charge is 0.238 e. The van der Waals surface area contributed by atoms with Crippen LogP contribution in [0, 0.1) is 35.5 Å². The highest BCUT2D eigenvalue weighted by Crippen LogP contribution is 2.53. The monoisotopic (exact) mass is 485 g/mol. The summed E-state index contributed by atoms with van der Waals surface area (Å²) in [5.74, 6) is -13.0. The molecule has 2 unspecified atom stereocenters. The van der Waals surface area contributed by atoms with Crippen molar-refractivity contribution in [3.63, 3.8) is 0 Å². The summed E-state index contributed by atoms with van der Waals surface area (Å²) in [7, 11) is 0. The van der Waals surface area contributed by atoms with Crippen molar-refractivity contribution in [2.45, 2.75) is 32.3 Å². The summed E-state index contributed by atoms with van der Waals surface area (Å²) in [6.45, 7) is 3.01. The van der Waals surface area contributed by atoms with E-state index in [0.29, 0.717) is 5.56 Å². The molecule has 3 aliphatic carbocycles. The van der Waals surface area contributed by atoms with Gasteiger partial charge in [-0.05, 0) is 36.3 Å². The van der Waals surface area contributed by atoms with Crippen LogP contribution in [0.25, 0.3) is 0 Å². The van der Waals surface area contributed by atoms with Gasteiger partial charge >= 0.3 is 0 Å². The Morgan fingerprint density at radius 2 is 1.83 bits per heavy atom. The van der Waals surface area contributed by atoms with E-state index in [1.807, 2.05) is 0 Å². The molecule has 0 saturated heterocycles. The molecule has 7 N–H and O–H groups in total. The Kier molecular flexibility index (Phi) is 5.89. The summed E-state index contributed by atoms with van der Waals surface area (Å²) < 4.78 is 0. The first kappa shape index (κ1) is 24.7. The van der Waals surface area contributed by atoms with Crippen LogP contribution in [0.1, 0.15) is 36.2 Å². The van der Waals surface area contributed by atoms with Gasteiger partial charge in [0, 0.05) is 11.8 Å². The van der Waals surface area contributed by atoms with E-state index in [4.69, 9.17) is 11.5 Å². The molecule has 35 heavy (non-hydrogen) atoms. The number of primary amides is 1. The Hall–Kier alpha value is -3.44. The van der Waals surface area contributed by atoms with Crippen molar-refractivity contribution in [1.82, 2.24) is 0 Å². The Bertz CT molecular complexity index is 1190. The topological polar surface area (TPSA) is 207 Å². The molecule has 1 aromatic carbocycles. The van der Waals surface area contributed by atoms with Crippen LogP contribution in [0.5, 0.6) is 5.75 Å². The number of phenols is 1. The summed E-state index contributed by atoms with van der Waals surface area (Å²) in [5.41, 5.74) is 8.02. The molecule has 2 saturated carbocycles. The van der Waals surface area contributed by atoms with E-state index in [9.17, 15) is 39.0 Å². The molecule has 3 aliphatic rings. The number of hydrogen-bond acceptors (Lipinski definition) is 9. The number of carbonyl (C=O) groups is 6. The lowest BCUT2D eigenvalue weighted by atomic mass is 9.50. The number of nitrogens with two attached hydrogens (primary N) is 2. The van der Waals surface area contributed by atoms with Gasteiger partial charge in [0.15, 0.2) is 34.7 Å². The Morgan fingerprint density at radius 1 is 1.17 bits per heavy atom. The zero-order valence-corrected chi connectivity index (χ0v) is 19.2. The van der Waals surface area contributed by atoms with E-state index < -0.39 is 81.8 Å². The lowest BCUT2D eigenvalue weighted by Crippen LogP contribution is -2.71. The second kappa shape index (κ2) is 8.35. The standard InChI is InChI=1S/C24H27N3O8/c1-8(2)14-11-6-10-5-9-3-4-12(27-13(28)7-25)18(29)15(9)20(31)16(10)21(32)24(11,35)22(33)17(19(14)30)23(26)34/h3-4,8,10-11,14,16-17,29,35H,5-7,25H2,1-2H3,(H2,26,34)(H,27,28)/t10-,11-,14-,16?,17?,24-/m0/s1. The van der Waals surface area contributed by atoms with Crippen molar-refractivity contribution in [2.24, 2.45) is 47.0 Å². The quantitative estimate of drug-likeness (QED) is 0.264. The summed E-state index contributed by atoms with van der Waals surface area (Å²) in [6.07, 6.45) is 0.172. The number of ketones is 4. The molecule has 0 radical (unpaired) electrons. The molecule has 186 valence electrons. The molecule has 11 heteroatoms. The minimum atomic E-state index is -2.74. The number of nitrogens with one attached hydrogen (secondary N) is 1. The predicted molar refractivity (Wildman–Crippen MR) is 120 cm³/mol. The molecule has 0 spiro atoms. The lowest BCUT2D eigenvalue weighted by Gasteiger charge is -2.52. The van der Waals surface area contributed by atoms with Gasteiger partial charge in [-0.3, -0.25) is 28.8 Å². The molecule has 2 fully saturated rings. The number of phenolic OH excluding ortho intramolecular Hbond substituents is 1. The van der Waals surface area contributed by atoms with Crippen molar-refractivity contribution in [3.8, 4) is 5.75 Å². The number of fused-ring (bicyclic) bond motifs is 3. The first-order valence-electron chi connectivity index (χ1n) is 11.4. The molecule has 6 atom stereocenters. The van der Waals surface area contributed by atoms with Gasteiger partial charge in [0.1, 0.15) is 5.75 Å². The fraction of sp³-hybridized carbons (Fsp3) is 0.500. The molecule has 0 bridgehead atoms. The van der Waals surface area contributed by atoms with Crippen molar-refractivity contribution in [3.05, 3.63) is 23.3 Å². The van der Waals surface area contributed by atoms with Crippen LogP contribution < -0.4 is 16.8 Å². The highest BCUT2D eigenvalue weighted by atomic mass is 16.3. The summed E-state index contributed by atoms with van der Waals surface area (Å²) in [5, 5.41) is 24.6. The minimum Gasteiger partial charge on any atom is -0.505 e. The molecule has 1 aromatic rings. The molecule has 0 aromatic heterocycles. The normalized spacial score (nSPS) is 32.1. The third-order valence-electron chi connectivity index (χ3n) is 7.64. The maximum atomic E-state index is 13.7. The predicted octanol–water partition coefficient (Wildman–Crippen LogP) is -0.894. The Balaban J connectivity index is 1.82. The Labute approximate surface area is 200 Å². The Morgan fingerprint density at radius 3 is 2.40 bits per heavy atom. The van der Waals surface area contributed by atoms with Gasteiger partial charge in [-0.25, -0.2) is 0 Å². The van der Waals surface area contributed by atoms with E-state index in [2.05, 4.69) is 5.32 Å². The van der Waals surface area contributed by atoms with E-state index in [-0.39, 0.29) is 30.6 Å². The molecular formula is C24H27N3O8. The van der Waals surface area contributed by atoms with Crippen molar-refractivity contribution in [2.75, 3.05) is 11.9 Å². The second-order valence-corrected chi connectivity index (χ2v) is 9.90. The molecule has 11 nitrogen and oxygen atoms in total. The van der Waals surface area contributed by atoms with Gasteiger partial charge < -0.3 is 27.0 Å². The van der Waals surface area contributed by atoms with Crippen LogP contribution in [0.2, 0.25) is 0 Å². The molecule has 2 amide bonds. The highest BCUT2D eigenvalue weighted by Gasteiger charge is 2.69. The maximum absolute atomic E-state index is 13.7. The second-order valence-electron chi connectivity index (χ2n) is 9.90. The largest absolute Gasteiger partial charge is 0.505 e. The van der Waals surface area contributed by atoms with Crippen molar-refractivity contribution >= 4 is 40.6 Å². The summed E-state index contributed by atoms with van der Waals surface area (Å²) in [4.78, 5) is 77.1. The number of Topliss-reactive ketones (excluding diaryl/α,β-unsaturated/α-hetero) is 4. The van der Waals surface area contributed by atoms with Crippen molar-refractivity contribution < 1.29 is 39.0 Å². The number of hydrogen-bond donors (Lipinski definition) is 5. The van der Waals surface area contributed by atoms with E-state index in [0.717, 1.165) is 0 Å². The fourth-order valence-corrected chi connectivity index (χ4v) is 6.13. The van der Waals surface area contributed by atoms with Gasteiger partial charge in [0.05, 0.1) is 23.7 Å². The number of anilines is 1. The van der Waals surface area contributed by atoms with Crippen LogP contribution in [0.4, 0.5) is 5.69 Å². The van der Waals surface area contributed by atoms with Crippen LogP contribution in [-0.4, -0.2) is 57.3 Å². The maximum Gasteiger partial charge on any atom is 0.238 e. The lowest BCUT2D eigenvalue weighted by molar-refractivity contribution is -0.182. The number of aromatic hydroxyl groups is 1. The first-order chi connectivity index (χ1) is 16.4. The highest BCUT2D eigenvalue weighted by molar-refractivity contribution is 6.32. The number of benzene rings is 1. The third-order valence-corrected chi connectivity index (χ3v) is 7.64. The average Bonchev–Trinajstić information content (AvgIpc) is 2.77. The van der Waals surface area contributed by atoms with Crippen LogP contribution >= 0.6 is 0 Å². The van der Waals surface area contributed by atoms with Gasteiger partial charge in [-0.2, -0.15) is 0 Å². The summed E-state index contributed by atoms with van der Waals surface area (Å²) in [6, 6.07) is 2.96. The SMILES string of the molecule is CC(C)[C@@H]1C(=O)C(C(N)=O)C(=O)[C@@]2(O)C(=O)C3C(=O)c4c(ccc(NC(=O)CN)c4O)C[C@H]3C[C@@H]12. The fourth-order valence-electron chi connectivity index (χ4n) is 6.13. The number of rotatable bonds is 4. The number of amides is 2. The van der Waals surface area contributed by atoms with E-state index in [1.54, 1.807) is 19.9 Å². The summed E-state index contributed by atoms with van der Waals surface area (Å²) >= 11 is 0. The third kappa shape index (κ3) is 3.41. The minimum absolute atomic E-state index is 0.0102. The van der Waals surface area contributed by atoms with E-state index >= 15 is 0 Å².